The molecule has 8 heteroatoms. The first-order chi connectivity index (χ1) is 11.6. The standard InChI is InChI=1S/C16H26N6O2/c1-13(2)20-3-5-21(6-4-20)15-11-14(17-12-18-15)19-16(23)22-7-9-24-10-8-22/h11-13H,3-10H2,1-2H3,(H,17,18,19,23). The minimum Gasteiger partial charge on any atom is -0.378 e. The third kappa shape index (κ3) is 4.12. The first-order valence-electron chi connectivity index (χ1n) is 8.58. The Morgan fingerprint density at radius 1 is 1.12 bits per heavy atom. The first kappa shape index (κ1) is 16.9. The maximum atomic E-state index is 12.3. The molecule has 0 bridgehead atoms. The summed E-state index contributed by atoms with van der Waals surface area (Å²) in [7, 11) is 0. The van der Waals surface area contributed by atoms with Crippen LogP contribution in [0.3, 0.4) is 0 Å². The van der Waals surface area contributed by atoms with E-state index in [0.717, 1.165) is 32.0 Å². The largest absolute Gasteiger partial charge is 0.378 e. The zero-order chi connectivity index (χ0) is 16.9. The van der Waals surface area contributed by atoms with E-state index in [1.807, 2.05) is 6.07 Å². The molecule has 2 fully saturated rings. The third-order valence-electron chi connectivity index (χ3n) is 4.55. The number of nitrogens with zero attached hydrogens (tertiary/aromatic N) is 5. The number of nitrogens with one attached hydrogen (secondary N) is 1. The molecular weight excluding hydrogens is 308 g/mol. The van der Waals surface area contributed by atoms with E-state index >= 15 is 0 Å². The van der Waals surface area contributed by atoms with Crippen LogP contribution in [0.5, 0.6) is 0 Å². The molecule has 0 radical (unpaired) electrons. The lowest BCUT2D eigenvalue weighted by Crippen LogP contribution is -2.49. The number of hydrogen-bond donors (Lipinski definition) is 1. The van der Waals surface area contributed by atoms with E-state index in [0.29, 0.717) is 38.2 Å². The van der Waals surface area contributed by atoms with Crippen LogP contribution < -0.4 is 10.2 Å². The first-order valence-corrected chi connectivity index (χ1v) is 8.58. The lowest BCUT2D eigenvalue weighted by molar-refractivity contribution is 0.0564. The Kier molecular flexibility index (Phi) is 5.47. The molecule has 1 N–H and O–H groups in total. The number of carbonyl (C=O) groups is 1. The predicted molar refractivity (Wildman–Crippen MR) is 92.4 cm³/mol. The van der Waals surface area contributed by atoms with Gasteiger partial charge in [-0.15, -0.1) is 0 Å². The summed E-state index contributed by atoms with van der Waals surface area (Å²) in [4.78, 5) is 27.2. The highest BCUT2D eigenvalue weighted by molar-refractivity contribution is 5.88. The monoisotopic (exact) mass is 334 g/mol. The number of carbonyl (C=O) groups excluding carboxylic acids is 1. The summed E-state index contributed by atoms with van der Waals surface area (Å²) in [5, 5.41) is 2.86. The molecule has 3 heterocycles. The molecule has 2 aliphatic heterocycles. The smallest absolute Gasteiger partial charge is 0.323 e. The summed E-state index contributed by atoms with van der Waals surface area (Å²) in [6.07, 6.45) is 1.51. The van der Waals surface area contributed by atoms with Gasteiger partial charge in [0.15, 0.2) is 0 Å². The molecule has 2 aliphatic rings. The summed E-state index contributed by atoms with van der Waals surface area (Å²) in [5.41, 5.74) is 0. The lowest BCUT2D eigenvalue weighted by Gasteiger charge is -2.37. The summed E-state index contributed by atoms with van der Waals surface area (Å²) >= 11 is 0. The zero-order valence-electron chi connectivity index (χ0n) is 14.4. The van der Waals surface area contributed by atoms with Gasteiger partial charge in [0.2, 0.25) is 0 Å². The average molecular weight is 334 g/mol. The van der Waals surface area contributed by atoms with Crippen LogP contribution in [0.15, 0.2) is 12.4 Å². The second-order valence-electron chi connectivity index (χ2n) is 6.41. The summed E-state index contributed by atoms with van der Waals surface area (Å²) in [6, 6.07) is 2.29. The van der Waals surface area contributed by atoms with E-state index in [4.69, 9.17) is 4.74 Å². The fourth-order valence-electron chi connectivity index (χ4n) is 3.01. The van der Waals surface area contributed by atoms with Crippen molar-refractivity contribution in [2.75, 3.05) is 62.7 Å². The lowest BCUT2D eigenvalue weighted by atomic mass is 10.2. The normalized spacial score (nSPS) is 19.6. The number of aromatic nitrogens is 2. The number of rotatable bonds is 3. The van der Waals surface area contributed by atoms with Crippen molar-refractivity contribution < 1.29 is 9.53 Å². The van der Waals surface area contributed by atoms with Crippen molar-refractivity contribution in [2.45, 2.75) is 19.9 Å². The predicted octanol–water partition coefficient (Wildman–Crippen LogP) is 0.871. The Morgan fingerprint density at radius 3 is 2.50 bits per heavy atom. The van der Waals surface area contributed by atoms with Gasteiger partial charge in [-0.1, -0.05) is 0 Å². The highest BCUT2D eigenvalue weighted by Gasteiger charge is 2.21. The number of morpholine rings is 1. The second-order valence-corrected chi connectivity index (χ2v) is 6.41. The molecule has 0 unspecified atom stereocenters. The molecule has 0 spiro atoms. The Labute approximate surface area is 142 Å². The van der Waals surface area contributed by atoms with Crippen LogP contribution in [0.1, 0.15) is 13.8 Å². The molecule has 24 heavy (non-hydrogen) atoms. The van der Waals surface area contributed by atoms with E-state index in [1.54, 1.807) is 4.90 Å². The highest BCUT2D eigenvalue weighted by Crippen LogP contribution is 2.17. The van der Waals surface area contributed by atoms with Crippen LogP contribution in [0.25, 0.3) is 0 Å². The molecule has 2 saturated heterocycles. The second kappa shape index (κ2) is 7.76. The van der Waals surface area contributed by atoms with Crippen molar-refractivity contribution >= 4 is 17.7 Å². The van der Waals surface area contributed by atoms with Crippen LogP contribution in [0, 0.1) is 0 Å². The Bertz CT molecular complexity index is 553. The van der Waals surface area contributed by atoms with Gasteiger partial charge in [0.05, 0.1) is 13.2 Å². The van der Waals surface area contributed by atoms with Crippen LogP contribution in [0.4, 0.5) is 16.4 Å². The van der Waals surface area contributed by atoms with Gasteiger partial charge in [-0.2, -0.15) is 0 Å². The SMILES string of the molecule is CC(C)N1CCN(c2cc(NC(=O)N3CCOCC3)ncn2)CC1. The van der Waals surface area contributed by atoms with E-state index in [-0.39, 0.29) is 6.03 Å². The Balaban J connectivity index is 1.59. The Hall–Kier alpha value is -1.93. The van der Waals surface area contributed by atoms with Gasteiger partial charge in [0.1, 0.15) is 18.0 Å². The van der Waals surface area contributed by atoms with Crippen molar-refractivity contribution in [1.29, 1.82) is 0 Å². The maximum Gasteiger partial charge on any atom is 0.323 e. The van der Waals surface area contributed by atoms with Crippen LogP contribution in [-0.4, -0.2) is 84.3 Å². The van der Waals surface area contributed by atoms with Crippen molar-refractivity contribution in [3.63, 3.8) is 0 Å². The van der Waals surface area contributed by atoms with Crippen molar-refractivity contribution in [3.8, 4) is 0 Å². The molecule has 8 nitrogen and oxygen atoms in total. The number of piperazine rings is 1. The quantitative estimate of drug-likeness (QED) is 0.884. The number of anilines is 2. The molecule has 1 aromatic rings. The van der Waals surface area contributed by atoms with Gasteiger partial charge >= 0.3 is 6.03 Å². The Morgan fingerprint density at radius 2 is 1.83 bits per heavy atom. The van der Waals surface area contributed by atoms with Crippen LogP contribution in [0.2, 0.25) is 0 Å². The highest BCUT2D eigenvalue weighted by atomic mass is 16.5. The van der Waals surface area contributed by atoms with Gasteiger partial charge in [0.25, 0.3) is 0 Å². The van der Waals surface area contributed by atoms with E-state index in [1.165, 1.54) is 6.33 Å². The topological polar surface area (TPSA) is 73.8 Å². The molecule has 0 saturated carbocycles. The third-order valence-corrected chi connectivity index (χ3v) is 4.55. The summed E-state index contributed by atoms with van der Waals surface area (Å²) in [6.45, 7) is 10.8. The van der Waals surface area contributed by atoms with E-state index in [9.17, 15) is 4.79 Å². The molecule has 132 valence electrons. The minimum absolute atomic E-state index is 0.132. The van der Waals surface area contributed by atoms with Gasteiger partial charge in [0, 0.05) is 51.4 Å². The number of amides is 2. The fraction of sp³-hybridized carbons (Fsp3) is 0.688. The minimum atomic E-state index is -0.132. The van der Waals surface area contributed by atoms with Crippen molar-refractivity contribution in [2.24, 2.45) is 0 Å². The van der Waals surface area contributed by atoms with Crippen molar-refractivity contribution in [3.05, 3.63) is 12.4 Å². The molecular formula is C16H26N6O2. The van der Waals surface area contributed by atoms with Crippen molar-refractivity contribution in [1.82, 2.24) is 19.8 Å². The van der Waals surface area contributed by atoms with Gasteiger partial charge in [-0.05, 0) is 13.8 Å². The van der Waals surface area contributed by atoms with E-state index < -0.39 is 0 Å². The fourth-order valence-corrected chi connectivity index (χ4v) is 3.01. The molecule has 0 aliphatic carbocycles. The van der Waals surface area contributed by atoms with E-state index in [2.05, 4.69) is 38.9 Å². The van der Waals surface area contributed by atoms with Crippen LogP contribution in [-0.2, 0) is 4.74 Å². The maximum absolute atomic E-state index is 12.3. The van der Waals surface area contributed by atoms with Gasteiger partial charge in [-0.25, -0.2) is 14.8 Å². The summed E-state index contributed by atoms with van der Waals surface area (Å²) < 4.78 is 5.27. The molecule has 1 aromatic heterocycles. The van der Waals surface area contributed by atoms with Gasteiger partial charge < -0.3 is 14.5 Å². The number of hydrogen-bond acceptors (Lipinski definition) is 6. The average Bonchev–Trinajstić information content (AvgIpc) is 2.63. The molecule has 2 amide bonds. The molecule has 0 atom stereocenters. The zero-order valence-corrected chi connectivity index (χ0v) is 14.4. The number of urea groups is 1. The van der Waals surface area contributed by atoms with Gasteiger partial charge in [-0.3, -0.25) is 10.2 Å². The number of ether oxygens (including phenoxy) is 1. The molecule has 0 aromatic carbocycles. The van der Waals surface area contributed by atoms with Crippen LogP contribution >= 0.6 is 0 Å². The summed E-state index contributed by atoms with van der Waals surface area (Å²) in [5.74, 6) is 1.41. The molecule has 3 rings (SSSR count).